The van der Waals surface area contributed by atoms with Crippen LogP contribution in [0, 0.1) is 6.92 Å². The first-order valence-electron chi connectivity index (χ1n) is 7.41. The quantitative estimate of drug-likeness (QED) is 0.501. The van der Waals surface area contributed by atoms with E-state index in [0.717, 1.165) is 33.6 Å². The first kappa shape index (κ1) is 15.6. The monoisotopic (exact) mass is 322 g/mol. The molecule has 116 valence electrons. The minimum Gasteiger partial charge on any atom is -0.497 e. The largest absolute Gasteiger partial charge is 0.497 e. The molecule has 0 amide bonds. The van der Waals surface area contributed by atoms with Gasteiger partial charge >= 0.3 is 0 Å². The molecule has 0 bridgehead atoms. The Morgan fingerprint density at radius 3 is 2.39 bits per heavy atom. The van der Waals surface area contributed by atoms with Gasteiger partial charge in [0.15, 0.2) is 5.16 Å². The molecular formula is C19H18N2OS. The molecule has 0 aliphatic carbocycles. The van der Waals surface area contributed by atoms with Crippen LogP contribution in [-0.4, -0.2) is 17.1 Å². The highest BCUT2D eigenvalue weighted by Gasteiger charge is 2.06. The van der Waals surface area contributed by atoms with Crippen LogP contribution >= 0.6 is 11.8 Å². The standard InChI is InChI=1S/C19H18N2OS/c1-14-12-18(16-8-10-17(22-2)11-9-16)21-19(20-14)23-13-15-6-4-3-5-7-15/h3-12H,13H2,1-2H3. The smallest absolute Gasteiger partial charge is 0.188 e. The summed E-state index contributed by atoms with van der Waals surface area (Å²) in [6.07, 6.45) is 0. The summed E-state index contributed by atoms with van der Waals surface area (Å²) in [5.74, 6) is 1.71. The van der Waals surface area contributed by atoms with E-state index in [4.69, 9.17) is 4.74 Å². The molecule has 3 rings (SSSR count). The maximum Gasteiger partial charge on any atom is 0.188 e. The molecule has 3 aromatic rings. The average molecular weight is 322 g/mol. The van der Waals surface area contributed by atoms with Crippen LogP contribution in [0.5, 0.6) is 5.75 Å². The molecule has 0 radical (unpaired) electrons. The number of benzene rings is 2. The zero-order valence-electron chi connectivity index (χ0n) is 13.2. The van der Waals surface area contributed by atoms with Gasteiger partial charge in [-0.05, 0) is 42.8 Å². The van der Waals surface area contributed by atoms with Gasteiger partial charge in [0, 0.05) is 17.0 Å². The van der Waals surface area contributed by atoms with Crippen LogP contribution in [0.4, 0.5) is 0 Å². The molecule has 1 heterocycles. The molecule has 3 nitrogen and oxygen atoms in total. The van der Waals surface area contributed by atoms with Gasteiger partial charge in [-0.3, -0.25) is 0 Å². The summed E-state index contributed by atoms with van der Waals surface area (Å²) in [7, 11) is 1.67. The maximum absolute atomic E-state index is 5.20. The molecule has 0 fully saturated rings. The lowest BCUT2D eigenvalue weighted by molar-refractivity contribution is 0.415. The van der Waals surface area contributed by atoms with Crippen molar-refractivity contribution in [2.75, 3.05) is 7.11 Å². The third kappa shape index (κ3) is 4.11. The van der Waals surface area contributed by atoms with E-state index < -0.39 is 0 Å². The normalized spacial score (nSPS) is 10.5. The fraction of sp³-hybridized carbons (Fsp3) is 0.158. The van der Waals surface area contributed by atoms with Gasteiger partial charge in [-0.15, -0.1) is 0 Å². The zero-order valence-corrected chi connectivity index (χ0v) is 14.0. The SMILES string of the molecule is COc1ccc(-c2cc(C)nc(SCc3ccccc3)n2)cc1. The highest BCUT2D eigenvalue weighted by Crippen LogP contribution is 2.25. The van der Waals surface area contributed by atoms with Crippen LogP contribution < -0.4 is 4.74 Å². The average Bonchev–Trinajstić information content (AvgIpc) is 2.60. The number of methoxy groups -OCH3 is 1. The second kappa shape index (κ2) is 7.29. The van der Waals surface area contributed by atoms with E-state index in [9.17, 15) is 0 Å². The van der Waals surface area contributed by atoms with E-state index in [1.165, 1.54) is 5.56 Å². The van der Waals surface area contributed by atoms with Crippen LogP contribution in [-0.2, 0) is 5.75 Å². The Labute approximate surface area is 140 Å². The summed E-state index contributed by atoms with van der Waals surface area (Å²) in [6, 6.07) is 20.3. The number of hydrogen-bond donors (Lipinski definition) is 0. The van der Waals surface area contributed by atoms with E-state index in [1.54, 1.807) is 18.9 Å². The highest BCUT2D eigenvalue weighted by atomic mass is 32.2. The fourth-order valence-electron chi connectivity index (χ4n) is 2.24. The molecule has 4 heteroatoms. The summed E-state index contributed by atoms with van der Waals surface area (Å²) in [6.45, 7) is 2.00. The van der Waals surface area contributed by atoms with Gasteiger partial charge in [-0.2, -0.15) is 0 Å². The highest BCUT2D eigenvalue weighted by molar-refractivity contribution is 7.98. The lowest BCUT2D eigenvalue weighted by Crippen LogP contribution is -1.94. The van der Waals surface area contributed by atoms with Crippen LogP contribution in [0.25, 0.3) is 11.3 Å². The Bertz CT molecular complexity index is 773. The van der Waals surface area contributed by atoms with Crippen molar-refractivity contribution in [1.29, 1.82) is 0 Å². The summed E-state index contributed by atoms with van der Waals surface area (Å²) in [5.41, 5.74) is 4.25. The number of aryl methyl sites for hydroxylation is 1. The van der Waals surface area contributed by atoms with Crippen molar-refractivity contribution in [3.8, 4) is 17.0 Å². The molecule has 0 saturated carbocycles. The van der Waals surface area contributed by atoms with Gasteiger partial charge in [0.05, 0.1) is 12.8 Å². The number of thioether (sulfide) groups is 1. The molecular weight excluding hydrogens is 304 g/mol. The molecule has 1 aromatic heterocycles. The van der Waals surface area contributed by atoms with E-state index in [0.29, 0.717) is 0 Å². The molecule has 2 aromatic carbocycles. The van der Waals surface area contributed by atoms with Crippen molar-refractivity contribution >= 4 is 11.8 Å². The van der Waals surface area contributed by atoms with Gasteiger partial charge in [-0.1, -0.05) is 42.1 Å². The Morgan fingerprint density at radius 2 is 1.70 bits per heavy atom. The Balaban J connectivity index is 1.80. The Kier molecular flexibility index (Phi) is 4.93. The molecule has 0 spiro atoms. The Hall–Kier alpha value is -2.33. The molecule has 0 aliphatic heterocycles. The molecule has 23 heavy (non-hydrogen) atoms. The van der Waals surface area contributed by atoms with Gasteiger partial charge in [-0.25, -0.2) is 9.97 Å². The molecule has 0 aliphatic rings. The van der Waals surface area contributed by atoms with Crippen LogP contribution in [0.1, 0.15) is 11.3 Å². The second-order valence-electron chi connectivity index (χ2n) is 5.18. The van der Waals surface area contributed by atoms with Gasteiger partial charge in [0.1, 0.15) is 5.75 Å². The van der Waals surface area contributed by atoms with Crippen molar-refractivity contribution in [2.24, 2.45) is 0 Å². The van der Waals surface area contributed by atoms with E-state index in [-0.39, 0.29) is 0 Å². The minimum atomic E-state index is 0.805. The van der Waals surface area contributed by atoms with Crippen molar-refractivity contribution in [1.82, 2.24) is 9.97 Å². The van der Waals surface area contributed by atoms with E-state index in [2.05, 4.69) is 34.2 Å². The predicted octanol–water partition coefficient (Wildman–Crippen LogP) is 4.75. The second-order valence-corrected chi connectivity index (χ2v) is 6.12. The molecule has 0 N–H and O–H groups in total. The minimum absolute atomic E-state index is 0.805. The number of rotatable bonds is 5. The molecule has 0 unspecified atom stereocenters. The van der Waals surface area contributed by atoms with Crippen LogP contribution in [0.2, 0.25) is 0 Å². The van der Waals surface area contributed by atoms with Gasteiger partial charge in [0.25, 0.3) is 0 Å². The van der Waals surface area contributed by atoms with Crippen molar-refractivity contribution < 1.29 is 4.74 Å². The zero-order chi connectivity index (χ0) is 16.1. The van der Waals surface area contributed by atoms with Crippen molar-refractivity contribution in [2.45, 2.75) is 17.8 Å². The predicted molar refractivity (Wildman–Crippen MR) is 94.8 cm³/mol. The lowest BCUT2D eigenvalue weighted by atomic mass is 10.1. The number of aromatic nitrogens is 2. The molecule has 0 saturated heterocycles. The van der Waals surface area contributed by atoms with E-state index >= 15 is 0 Å². The summed E-state index contributed by atoms with van der Waals surface area (Å²) < 4.78 is 5.20. The van der Waals surface area contributed by atoms with Crippen LogP contribution in [0.3, 0.4) is 0 Å². The number of nitrogens with zero attached hydrogens (tertiary/aromatic N) is 2. The van der Waals surface area contributed by atoms with E-state index in [1.807, 2.05) is 43.3 Å². The lowest BCUT2D eigenvalue weighted by Gasteiger charge is -2.07. The third-order valence-electron chi connectivity index (χ3n) is 3.43. The summed E-state index contributed by atoms with van der Waals surface area (Å²) >= 11 is 1.66. The number of hydrogen-bond acceptors (Lipinski definition) is 4. The summed E-state index contributed by atoms with van der Waals surface area (Å²) in [4.78, 5) is 9.22. The van der Waals surface area contributed by atoms with Crippen LogP contribution in [0.15, 0.2) is 65.8 Å². The Morgan fingerprint density at radius 1 is 0.957 bits per heavy atom. The third-order valence-corrected chi connectivity index (χ3v) is 4.35. The van der Waals surface area contributed by atoms with Gasteiger partial charge in [0.2, 0.25) is 0 Å². The van der Waals surface area contributed by atoms with Gasteiger partial charge < -0.3 is 4.74 Å². The first-order chi connectivity index (χ1) is 11.2. The number of ether oxygens (including phenoxy) is 1. The van der Waals surface area contributed by atoms with Crippen molar-refractivity contribution in [3.05, 3.63) is 71.9 Å². The maximum atomic E-state index is 5.20. The topological polar surface area (TPSA) is 35.0 Å². The fourth-order valence-corrected chi connectivity index (χ4v) is 3.10. The first-order valence-corrected chi connectivity index (χ1v) is 8.40. The van der Waals surface area contributed by atoms with Crippen molar-refractivity contribution in [3.63, 3.8) is 0 Å². The summed E-state index contributed by atoms with van der Waals surface area (Å²) in [5, 5.41) is 0.805. The molecule has 0 atom stereocenters.